The highest BCUT2D eigenvalue weighted by Gasteiger charge is 2.07. The standard InChI is InChI=1S/C15H10O3/c16-15(17)18-14-7-3-6-12-11-5-2-1-4-10(11)8-9-13(12)14/h1-9H,(H,16,17). The van der Waals surface area contributed by atoms with Crippen LogP contribution < -0.4 is 4.74 Å². The Morgan fingerprint density at radius 1 is 0.833 bits per heavy atom. The van der Waals surface area contributed by atoms with E-state index in [0.717, 1.165) is 21.5 Å². The Balaban J connectivity index is 2.36. The van der Waals surface area contributed by atoms with Crippen LogP contribution in [0.3, 0.4) is 0 Å². The van der Waals surface area contributed by atoms with Crippen LogP contribution in [0, 0.1) is 0 Å². The van der Waals surface area contributed by atoms with E-state index in [9.17, 15) is 4.79 Å². The molecule has 0 saturated carbocycles. The summed E-state index contributed by atoms with van der Waals surface area (Å²) in [5.74, 6) is 0.366. The maximum atomic E-state index is 10.7. The largest absolute Gasteiger partial charge is 0.511 e. The number of rotatable bonds is 1. The van der Waals surface area contributed by atoms with Gasteiger partial charge in [0.25, 0.3) is 0 Å². The number of hydrogen-bond donors (Lipinski definition) is 1. The fourth-order valence-corrected chi connectivity index (χ4v) is 2.19. The zero-order valence-corrected chi connectivity index (χ0v) is 9.46. The lowest BCUT2D eigenvalue weighted by atomic mass is 10.0. The van der Waals surface area contributed by atoms with Gasteiger partial charge >= 0.3 is 6.16 Å². The molecule has 0 saturated heterocycles. The van der Waals surface area contributed by atoms with Crippen LogP contribution in [0.5, 0.6) is 5.75 Å². The molecule has 0 radical (unpaired) electrons. The number of benzene rings is 3. The third-order valence-corrected chi connectivity index (χ3v) is 2.94. The molecule has 3 aromatic carbocycles. The van der Waals surface area contributed by atoms with Gasteiger partial charge in [-0.3, -0.25) is 0 Å². The molecule has 3 rings (SSSR count). The van der Waals surface area contributed by atoms with Crippen LogP contribution in [0.1, 0.15) is 0 Å². The van der Waals surface area contributed by atoms with Gasteiger partial charge in [0.05, 0.1) is 0 Å². The lowest BCUT2D eigenvalue weighted by Crippen LogP contribution is -2.03. The molecule has 3 aromatic rings. The summed E-state index contributed by atoms with van der Waals surface area (Å²) >= 11 is 0. The van der Waals surface area contributed by atoms with Gasteiger partial charge in [-0.2, -0.15) is 0 Å². The Hall–Kier alpha value is -2.55. The highest BCUT2D eigenvalue weighted by Crippen LogP contribution is 2.31. The van der Waals surface area contributed by atoms with Crippen molar-refractivity contribution in [3.05, 3.63) is 54.6 Å². The molecule has 0 fully saturated rings. The maximum Gasteiger partial charge on any atom is 0.511 e. The first kappa shape index (κ1) is 10.6. The highest BCUT2D eigenvalue weighted by atomic mass is 16.7. The summed E-state index contributed by atoms with van der Waals surface area (Å²) in [7, 11) is 0. The summed E-state index contributed by atoms with van der Waals surface area (Å²) in [5.41, 5.74) is 0. The molecule has 18 heavy (non-hydrogen) atoms. The van der Waals surface area contributed by atoms with Crippen molar-refractivity contribution in [1.29, 1.82) is 0 Å². The van der Waals surface area contributed by atoms with Crippen LogP contribution in [-0.2, 0) is 0 Å². The second-order valence-electron chi connectivity index (χ2n) is 4.01. The molecular weight excluding hydrogens is 228 g/mol. The van der Waals surface area contributed by atoms with E-state index in [1.165, 1.54) is 0 Å². The van der Waals surface area contributed by atoms with E-state index in [1.807, 2.05) is 42.5 Å². The number of hydrogen-bond acceptors (Lipinski definition) is 2. The monoisotopic (exact) mass is 238 g/mol. The van der Waals surface area contributed by atoms with E-state index in [1.54, 1.807) is 12.1 Å². The molecule has 88 valence electrons. The molecule has 0 heterocycles. The predicted molar refractivity (Wildman–Crippen MR) is 70.1 cm³/mol. The van der Waals surface area contributed by atoms with Crippen LogP contribution in [0.25, 0.3) is 21.5 Å². The van der Waals surface area contributed by atoms with E-state index in [-0.39, 0.29) is 0 Å². The molecule has 0 bridgehead atoms. The summed E-state index contributed by atoms with van der Waals surface area (Å²) < 4.78 is 4.79. The summed E-state index contributed by atoms with van der Waals surface area (Å²) in [6.45, 7) is 0. The average Bonchev–Trinajstić information content (AvgIpc) is 2.38. The van der Waals surface area contributed by atoms with E-state index >= 15 is 0 Å². The molecule has 3 heteroatoms. The summed E-state index contributed by atoms with van der Waals surface area (Å²) in [5, 5.41) is 12.7. The minimum atomic E-state index is -1.30. The summed E-state index contributed by atoms with van der Waals surface area (Å²) in [4.78, 5) is 10.7. The van der Waals surface area contributed by atoms with Crippen molar-refractivity contribution in [2.75, 3.05) is 0 Å². The molecule has 3 nitrogen and oxygen atoms in total. The second kappa shape index (κ2) is 4.04. The van der Waals surface area contributed by atoms with Gasteiger partial charge < -0.3 is 9.84 Å². The zero-order valence-electron chi connectivity index (χ0n) is 9.46. The molecule has 0 aliphatic carbocycles. The van der Waals surface area contributed by atoms with E-state index in [0.29, 0.717) is 5.75 Å². The zero-order chi connectivity index (χ0) is 12.5. The van der Waals surface area contributed by atoms with Crippen molar-refractivity contribution in [2.45, 2.75) is 0 Å². The predicted octanol–water partition coefficient (Wildman–Crippen LogP) is 4.05. The number of fused-ring (bicyclic) bond motifs is 3. The smallest absolute Gasteiger partial charge is 0.449 e. The van der Waals surface area contributed by atoms with Gasteiger partial charge in [-0.05, 0) is 28.3 Å². The van der Waals surface area contributed by atoms with Crippen molar-refractivity contribution < 1.29 is 14.6 Å². The van der Waals surface area contributed by atoms with E-state index in [4.69, 9.17) is 9.84 Å². The van der Waals surface area contributed by atoms with E-state index in [2.05, 4.69) is 0 Å². The number of carboxylic acid groups (broad SMARTS) is 1. The van der Waals surface area contributed by atoms with Crippen LogP contribution >= 0.6 is 0 Å². The van der Waals surface area contributed by atoms with Crippen LogP contribution in [0.2, 0.25) is 0 Å². The lowest BCUT2D eigenvalue weighted by molar-refractivity contribution is 0.145. The Morgan fingerprint density at radius 2 is 1.61 bits per heavy atom. The van der Waals surface area contributed by atoms with E-state index < -0.39 is 6.16 Å². The minimum Gasteiger partial charge on any atom is -0.449 e. The molecule has 0 aromatic heterocycles. The third-order valence-electron chi connectivity index (χ3n) is 2.94. The van der Waals surface area contributed by atoms with Crippen LogP contribution in [0.4, 0.5) is 4.79 Å². The fraction of sp³-hybridized carbons (Fsp3) is 0. The second-order valence-corrected chi connectivity index (χ2v) is 4.01. The first-order valence-electron chi connectivity index (χ1n) is 5.57. The first-order chi connectivity index (χ1) is 8.75. The van der Waals surface area contributed by atoms with Crippen molar-refractivity contribution in [1.82, 2.24) is 0 Å². The van der Waals surface area contributed by atoms with Gasteiger partial charge in [0.2, 0.25) is 0 Å². The van der Waals surface area contributed by atoms with Crippen molar-refractivity contribution in [3.8, 4) is 5.75 Å². The highest BCUT2D eigenvalue weighted by molar-refractivity contribution is 6.09. The van der Waals surface area contributed by atoms with Crippen LogP contribution in [-0.4, -0.2) is 11.3 Å². The van der Waals surface area contributed by atoms with Gasteiger partial charge in [0.1, 0.15) is 5.75 Å². The Morgan fingerprint density at radius 3 is 2.44 bits per heavy atom. The quantitative estimate of drug-likeness (QED) is 0.395. The molecule has 0 spiro atoms. The normalized spacial score (nSPS) is 10.7. The van der Waals surface area contributed by atoms with Gasteiger partial charge in [-0.15, -0.1) is 0 Å². The number of ether oxygens (including phenoxy) is 1. The maximum absolute atomic E-state index is 10.7. The average molecular weight is 238 g/mol. The van der Waals surface area contributed by atoms with Crippen molar-refractivity contribution in [2.24, 2.45) is 0 Å². The SMILES string of the molecule is O=C(O)Oc1cccc2c1ccc1ccccc12. The molecule has 0 aliphatic rings. The first-order valence-corrected chi connectivity index (χ1v) is 5.57. The van der Waals surface area contributed by atoms with Crippen LogP contribution in [0.15, 0.2) is 54.6 Å². The molecule has 0 atom stereocenters. The Labute approximate surface area is 103 Å². The van der Waals surface area contributed by atoms with Crippen molar-refractivity contribution in [3.63, 3.8) is 0 Å². The fourth-order valence-electron chi connectivity index (χ4n) is 2.19. The lowest BCUT2D eigenvalue weighted by Gasteiger charge is -2.07. The van der Waals surface area contributed by atoms with Gasteiger partial charge in [0.15, 0.2) is 0 Å². The summed E-state index contributed by atoms with van der Waals surface area (Å²) in [6.07, 6.45) is -1.30. The molecule has 1 N–H and O–H groups in total. The molecule has 0 unspecified atom stereocenters. The Bertz CT molecular complexity index is 747. The summed E-state index contributed by atoms with van der Waals surface area (Å²) in [6, 6.07) is 17.3. The third kappa shape index (κ3) is 1.66. The molecule has 0 aliphatic heterocycles. The topological polar surface area (TPSA) is 46.5 Å². The van der Waals surface area contributed by atoms with Gasteiger partial charge in [-0.1, -0.05) is 42.5 Å². The number of carbonyl (C=O) groups is 1. The van der Waals surface area contributed by atoms with Gasteiger partial charge in [0, 0.05) is 5.39 Å². The minimum absolute atomic E-state index is 0.366. The molecular formula is C15H10O3. The Kier molecular flexibility index (Phi) is 2.38. The molecule has 0 amide bonds. The van der Waals surface area contributed by atoms with Crippen molar-refractivity contribution >= 4 is 27.7 Å². The van der Waals surface area contributed by atoms with Gasteiger partial charge in [-0.25, -0.2) is 4.79 Å².